The number of rotatable bonds is 6. The number of amides is 2. The molecule has 1 aromatic carbocycles. The topological polar surface area (TPSA) is 70.4 Å². The molecule has 2 rings (SSSR count). The molecule has 0 aliphatic heterocycles. The lowest BCUT2D eigenvalue weighted by Crippen LogP contribution is -2.45. The van der Waals surface area contributed by atoms with Gasteiger partial charge in [-0.3, -0.25) is 4.68 Å². The number of nitrogens with one attached hydrogen (secondary N) is 1. The number of aromatic nitrogens is 2. The van der Waals surface area contributed by atoms with Gasteiger partial charge in [-0.15, -0.1) is 0 Å². The highest BCUT2D eigenvalue weighted by molar-refractivity contribution is 6.30. The number of halogens is 1. The molecule has 0 saturated carbocycles. The molecule has 2 N–H and O–H groups in total. The second kappa shape index (κ2) is 7.99. The van der Waals surface area contributed by atoms with E-state index in [0.29, 0.717) is 11.6 Å². The first kappa shape index (κ1) is 17.3. The average molecular weight is 337 g/mol. The van der Waals surface area contributed by atoms with Gasteiger partial charge in [0, 0.05) is 31.0 Å². The van der Waals surface area contributed by atoms with Crippen molar-refractivity contribution in [1.29, 1.82) is 0 Å². The number of nitrogens with zero attached hydrogens (tertiary/aromatic N) is 3. The Balaban J connectivity index is 2.10. The minimum atomic E-state index is -0.242. The van der Waals surface area contributed by atoms with Gasteiger partial charge in [0.05, 0.1) is 18.7 Å². The van der Waals surface area contributed by atoms with E-state index in [0.717, 1.165) is 5.56 Å². The van der Waals surface area contributed by atoms with Crippen molar-refractivity contribution in [3.63, 3.8) is 0 Å². The normalized spacial score (nSPS) is 13.4. The molecule has 2 atom stereocenters. The zero-order valence-corrected chi connectivity index (χ0v) is 13.9. The summed E-state index contributed by atoms with van der Waals surface area (Å²) in [7, 11) is 1.65. The van der Waals surface area contributed by atoms with Gasteiger partial charge < -0.3 is 15.3 Å². The molecule has 0 saturated heterocycles. The number of aliphatic hydroxyl groups is 1. The number of aliphatic hydroxyl groups excluding tert-OH is 1. The monoisotopic (exact) mass is 336 g/mol. The lowest BCUT2D eigenvalue weighted by molar-refractivity contribution is 0.156. The molecule has 0 spiro atoms. The third-order valence-corrected chi connectivity index (χ3v) is 4.04. The van der Waals surface area contributed by atoms with Crippen LogP contribution in [0.1, 0.15) is 18.5 Å². The maximum absolute atomic E-state index is 12.2. The molecule has 0 bridgehead atoms. The van der Waals surface area contributed by atoms with E-state index in [9.17, 15) is 4.79 Å². The van der Waals surface area contributed by atoms with Crippen molar-refractivity contribution >= 4 is 17.6 Å². The van der Waals surface area contributed by atoms with E-state index >= 15 is 0 Å². The second-order valence-corrected chi connectivity index (χ2v) is 5.82. The molecule has 0 aliphatic carbocycles. The summed E-state index contributed by atoms with van der Waals surface area (Å²) in [5, 5.41) is 16.9. The lowest BCUT2D eigenvalue weighted by Gasteiger charge is -2.25. The van der Waals surface area contributed by atoms with Crippen LogP contribution in [0.3, 0.4) is 0 Å². The lowest BCUT2D eigenvalue weighted by atomic mass is 10.1. The van der Waals surface area contributed by atoms with Crippen LogP contribution in [0.2, 0.25) is 5.02 Å². The van der Waals surface area contributed by atoms with E-state index < -0.39 is 0 Å². The summed E-state index contributed by atoms with van der Waals surface area (Å²) < 4.78 is 1.79. The maximum atomic E-state index is 12.2. The highest BCUT2D eigenvalue weighted by Gasteiger charge is 2.19. The summed E-state index contributed by atoms with van der Waals surface area (Å²) >= 11 is 5.94. The Morgan fingerprint density at radius 1 is 1.43 bits per heavy atom. The van der Waals surface area contributed by atoms with Crippen molar-refractivity contribution < 1.29 is 9.90 Å². The molecular formula is C16H21ClN4O2. The Hall–Kier alpha value is -2.05. The highest BCUT2D eigenvalue weighted by atomic mass is 35.5. The number of likely N-dealkylation sites (N-methyl/N-ethyl adjacent to an activating group) is 1. The van der Waals surface area contributed by atoms with Crippen molar-refractivity contribution in [2.24, 2.45) is 0 Å². The Kier molecular flexibility index (Phi) is 6.01. The number of carbonyl (C=O) groups excluding carboxylic acids is 1. The molecule has 6 nitrogen and oxygen atoms in total. The van der Waals surface area contributed by atoms with Gasteiger partial charge in [-0.25, -0.2) is 4.79 Å². The molecule has 0 aliphatic rings. The van der Waals surface area contributed by atoms with Gasteiger partial charge in [-0.2, -0.15) is 5.10 Å². The highest BCUT2D eigenvalue weighted by Crippen LogP contribution is 2.19. The predicted octanol–water partition coefficient (Wildman–Crippen LogP) is 2.15. The molecule has 1 heterocycles. The molecule has 0 fully saturated rings. The summed E-state index contributed by atoms with van der Waals surface area (Å²) in [6.45, 7) is 2.08. The molecule has 0 radical (unpaired) electrons. The molecule has 2 amide bonds. The minimum absolute atomic E-state index is 0.0797. The molecule has 124 valence electrons. The standard InChI is InChI=1S/C16H21ClN4O2/c1-12(11-22)20(2)16(23)18-10-15(21-9-3-8-19-21)13-4-6-14(17)7-5-13/h3-9,12,15,22H,10-11H2,1-2H3,(H,18,23). The SMILES string of the molecule is CC(CO)N(C)C(=O)NCC(c1ccc(Cl)cc1)n1cccn1. The van der Waals surface area contributed by atoms with Crippen LogP contribution >= 0.6 is 11.6 Å². The van der Waals surface area contributed by atoms with Crippen LogP contribution in [-0.2, 0) is 0 Å². The molecule has 2 aromatic rings. The van der Waals surface area contributed by atoms with Crippen molar-refractivity contribution in [3.8, 4) is 0 Å². The van der Waals surface area contributed by atoms with Gasteiger partial charge in [0.2, 0.25) is 0 Å². The molecular weight excluding hydrogens is 316 g/mol. The van der Waals surface area contributed by atoms with E-state index in [1.807, 2.05) is 36.5 Å². The molecule has 7 heteroatoms. The minimum Gasteiger partial charge on any atom is -0.394 e. The van der Waals surface area contributed by atoms with E-state index in [4.69, 9.17) is 16.7 Å². The summed E-state index contributed by atoms with van der Waals surface area (Å²) in [4.78, 5) is 13.6. The van der Waals surface area contributed by atoms with E-state index in [1.165, 1.54) is 4.90 Å². The van der Waals surface area contributed by atoms with Crippen molar-refractivity contribution in [3.05, 3.63) is 53.3 Å². The molecule has 2 unspecified atom stereocenters. The number of carbonyl (C=O) groups is 1. The maximum Gasteiger partial charge on any atom is 0.317 e. The average Bonchev–Trinajstić information content (AvgIpc) is 3.09. The summed E-state index contributed by atoms with van der Waals surface area (Å²) in [5.74, 6) is 0. The fourth-order valence-electron chi connectivity index (χ4n) is 2.15. The Bertz CT molecular complexity index is 616. The fourth-order valence-corrected chi connectivity index (χ4v) is 2.27. The predicted molar refractivity (Wildman–Crippen MR) is 89.5 cm³/mol. The van der Waals surface area contributed by atoms with Gasteiger partial charge in [0.15, 0.2) is 0 Å². The first-order valence-electron chi connectivity index (χ1n) is 7.39. The number of hydrogen-bond donors (Lipinski definition) is 2. The Morgan fingerprint density at radius 3 is 2.70 bits per heavy atom. The van der Waals surface area contributed by atoms with Crippen LogP contribution in [0.25, 0.3) is 0 Å². The summed E-state index contributed by atoms with van der Waals surface area (Å²) in [6, 6.07) is 8.69. The van der Waals surface area contributed by atoms with Crippen molar-refractivity contribution in [2.45, 2.75) is 19.0 Å². The molecule has 23 heavy (non-hydrogen) atoms. The molecule has 1 aromatic heterocycles. The largest absolute Gasteiger partial charge is 0.394 e. The van der Waals surface area contributed by atoms with Crippen LogP contribution in [-0.4, -0.2) is 52.1 Å². The third-order valence-electron chi connectivity index (χ3n) is 3.79. The van der Waals surface area contributed by atoms with Crippen LogP contribution < -0.4 is 5.32 Å². The van der Waals surface area contributed by atoms with E-state index in [1.54, 1.807) is 24.9 Å². The summed E-state index contributed by atoms with van der Waals surface area (Å²) in [6.07, 6.45) is 3.55. The van der Waals surface area contributed by atoms with Crippen LogP contribution in [0.4, 0.5) is 4.79 Å². The van der Waals surface area contributed by atoms with Crippen molar-refractivity contribution in [2.75, 3.05) is 20.2 Å². The zero-order valence-electron chi connectivity index (χ0n) is 13.2. The van der Waals surface area contributed by atoms with Crippen LogP contribution in [0, 0.1) is 0 Å². The van der Waals surface area contributed by atoms with Crippen LogP contribution in [0.5, 0.6) is 0 Å². The van der Waals surface area contributed by atoms with Gasteiger partial charge in [0.25, 0.3) is 0 Å². The fraction of sp³-hybridized carbons (Fsp3) is 0.375. The van der Waals surface area contributed by atoms with Crippen molar-refractivity contribution in [1.82, 2.24) is 20.0 Å². The van der Waals surface area contributed by atoms with E-state index in [-0.39, 0.29) is 24.7 Å². The zero-order chi connectivity index (χ0) is 16.8. The smallest absolute Gasteiger partial charge is 0.317 e. The number of benzene rings is 1. The van der Waals surface area contributed by atoms with Crippen LogP contribution in [0.15, 0.2) is 42.7 Å². The second-order valence-electron chi connectivity index (χ2n) is 5.38. The quantitative estimate of drug-likeness (QED) is 0.849. The summed E-state index contributed by atoms with van der Waals surface area (Å²) in [5.41, 5.74) is 0.997. The van der Waals surface area contributed by atoms with E-state index in [2.05, 4.69) is 10.4 Å². The third kappa shape index (κ3) is 4.46. The Morgan fingerprint density at radius 2 is 2.13 bits per heavy atom. The number of urea groups is 1. The first-order chi connectivity index (χ1) is 11.0. The van der Waals surface area contributed by atoms with Gasteiger partial charge in [0.1, 0.15) is 0 Å². The van der Waals surface area contributed by atoms with Gasteiger partial charge in [-0.05, 0) is 30.7 Å². The van der Waals surface area contributed by atoms with Gasteiger partial charge in [-0.1, -0.05) is 23.7 Å². The first-order valence-corrected chi connectivity index (χ1v) is 7.77. The van der Waals surface area contributed by atoms with Gasteiger partial charge >= 0.3 is 6.03 Å². The Labute approximate surface area is 140 Å². The number of hydrogen-bond acceptors (Lipinski definition) is 3.